The fourth-order valence-corrected chi connectivity index (χ4v) is 4.58. The topological polar surface area (TPSA) is 75.5 Å². The number of nitrogens with zero attached hydrogens (tertiary/aromatic N) is 2. The third-order valence-electron chi connectivity index (χ3n) is 5.86. The number of aryl methyl sites for hydroxylation is 1. The molecule has 1 fully saturated rings. The van der Waals surface area contributed by atoms with Crippen molar-refractivity contribution >= 4 is 11.6 Å². The van der Waals surface area contributed by atoms with E-state index in [1.54, 1.807) is 13.1 Å². The van der Waals surface area contributed by atoms with Crippen molar-refractivity contribution in [1.82, 2.24) is 4.90 Å². The zero-order valence-electron chi connectivity index (χ0n) is 14.8. The molecule has 1 N–H and O–H groups in total. The monoisotopic (exact) mass is 351 g/mol. The molecule has 0 radical (unpaired) electrons. The molecule has 3 atom stereocenters. The van der Waals surface area contributed by atoms with Crippen LogP contribution in [0, 0.1) is 10.1 Å². The van der Waals surface area contributed by atoms with Crippen LogP contribution >= 0.6 is 0 Å². The summed E-state index contributed by atoms with van der Waals surface area (Å²) < 4.78 is 0. The predicted octanol–water partition coefficient (Wildman–Crippen LogP) is 2.77. The molecule has 0 aromatic heterocycles. The van der Waals surface area contributed by atoms with E-state index >= 15 is 0 Å². The second-order valence-corrected chi connectivity index (χ2v) is 7.08. The van der Waals surface area contributed by atoms with E-state index in [1.165, 1.54) is 5.56 Å². The summed E-state index contributed by atoms with van der Waals surface area (Å²) >= 11 is 0. The third-order valence-corrected chi connectivity index (χ3v) is 5.86. The Kier molecular flexibility index (Phi) is 3.80. The largest absolute Gasteiger partial charge is 0.324 e. The average molecular weight is 351 g/mol. The molecule has 2 heterocycles. The van der Waals surface area contributed by atoms with Crippen LogP contribution in [-0.4, -0.2) is 35.4 Å². The maximum atomic E-state index is 13.0. The Morgan fingerprint density at radius 1 is 1.23 bits per heavy atom. The molecule has 1 saturated heterocycles. The summed E-state index contributed by atoms with van der Waals surface area (Å²) in [6.07, 6.45) is 0.920. The summed E-state index contributed by atoms with van der Waals surface area (Å²) in [5.41, 5.74) is 2.19. The first-order chi connectivity index (χ1) is 12.5. The van der Waals surface area contributed by atoms with Crippen molar-refractivity contribution in [2.24, 2.45) is 0 Å². The van der Waals surface area contributed by atoms with Crippen LogP contribution in [0.5, 0.6) is 0 Å². The number of hydrogen-bond acceptors (Lipinski definition) is 4. The van der Waals surface area contributed by atoms with Gasteiger partial charge in [-0.05, 0) is 30.7 Å². The van der Waals surface area contributed by atoms with Gasteiger partial charge in [0, 0.05) is 22.7 Å². The molecule has 2 aliphatic rings. The zero-order chi connectivity index (χ0) is 18.5. The smallest absolute Gasteiger partial charge is 0.256 e. The molecule has 26 heavy (non-hydrogen) atoms. The molecule has 1 amide bonds. The van der Waals surface area contributed by atoms with E-state index in [9.17, 15) is 14.9 Å². The van der Waals surface area contributed by atoms with E-state index in [-0.39, 0.29) is 16.7 Å². The number of fused-ring (bicyclic) bond motifs is 2. The normalized spacial score (nSPS) is 27.5. The molecule has 6 nitrogen and oxygen atoms in total. The molecular weight excluding hydrogens is 330 g/mol. The van der Waals surface area contributed by atoms with Gasteiger partial charge in [0.25, 0.3) is 11.9 Å². The molecule has 2 aromatic carbocycles. The molecular formula is C20H21N3O3. The quantitative estimate of drug-likeness (QED) is 0.681. The summed E-state index contributed by atoms with van der Waals surface area (Å²) in [5.74, 6) is -0.659. The number of benzene rings is 2. The molecule has 134 valence electrons. The van der Waals surface area contributed by atoms with Gasteiger partial charge >= 0.3 is 0 Å². The van der Waals surface area contributed by atoms with Crippen molar-refractivity contribution in [3.8, 4) is 0 Å². The Balaban J connectivity index is 1.86. The van der Waals surface area contributed by atoms with Crippen LogP contribution in [0.15, 0.2) is 48.5 Å². The minimum atomic E-state index is -1.27. The number of nitro groups is 1. The molecule has 0 unspecified atom stereocenters. The maximum Gasteiger partial charge on any atom is 0.256 e. The van der Waals surface area contributed by atoms with Crippen molar-refractivity contribution in [3.63, 3.8) is 0 Å². The summed E-state index contributed by atoms with van der Waals surface area (Å²) in [5, 5.41) is 15.0. The highest BCUT2D eigenvalue weighted by molar-refractivity contribution is 6.06. The molecule has 4 rings (SSSR count). The highest BCUT2D eigenvalue weighted by atomic mass is 16.6. The van der Waals surface area contributed by atoms with Gasteiger partial charge in [0.05, 0.1) is 5.92 Å². The van der Waals surface area contributed by atoms with E-state index in [4.69, 9.17) is 0 Å². The van der Waals surface area contributed by atoms with Gasteiger partial charge in [-0.25, -0.2) is 0 Å². The summed E-state index contributed by atoms with van der Waals surface area (Å²) in [7, 11) is 1.80. The van der Waals surface area contributed by atoms with Crippen LogP contribution in [-0.2, 0) is 16.8 Å². The maximum absolute atomic E-state index is 13.0. The lowest BCUT2D eigenvalue weighted by molar-refractivity contribution is -0.534. The molecule has 1 spiro atoms. The van der Waals surface area contributed by atoms with Gasteiger partial charge < -0.3 is 5.32 Å². The standard InChI is InChI=1S/C20H21N3O3/c1-3-13-8-10-14(11-9-13)15-12-22(2)20(18(15)23(25)26)16-6-4-5-7-17(16)21-19(20)24/h4-11,15,18H,3,12H2,1-2H3,(H,21,24)/t15-,18+,20+/m0/s1. The number of hydrogen-bond donors (Lipinski definition) is 1. The Labute approximate surface area is 152 Å². The van der Waals surface area contributed by atoms with E-state index in [0.717, 1.165) is 12.0 Å². The summed E-state index contributed by atoms with van der Waals surface area (Å²) in [4.78, 5) is 26.7. The summed E-state index contributed by atoms with van der Waals surface area (Å²) in [6, 6.07) is 14.2. The van der Waals surface area contributed by atoms with Crippen molar-refractivity contribution in [3.05, 3.63) is 75.3 Å². The second kappa shape index (κ2) is 5.92. The molecule has 0 bridgehead atoms. The van der Waals surface area contributed by atoms with Crippen LogP contribution in [0.1, 0.15) is 29.5 Å². The highest BCUT2D eigenvalue weighted by Crippen LogP contribution is 2.51. The second-order valence-electron chi connectivity index (χ2n) is 7.08. The average Bonchev–Trinajstić information content (AvgIpc) is 3.11. The van der Waals surface area contributed by atoms with Gasteiger partial charge in [0.1, 0.15) is 0 Å². The van der Waals surface area contributed by atoms with E-state index in [1.807, 2.05) is 47.4 Å². The van der Waals surface area contributed by atoms with Crippen LogP contribution in [0.25, 0.3) is 0 Å². The van der Waals surface area contributed by atoms with Crippen LogP contribution < -0.4 is 5.32 Å². The number of carbonyl (C=O) groups excluding carboxylic acids is 1. The molecule has 2 aliphatic heterocycles. The molecule has 0 aliphatic carbocycles. The fourth-order valence-electron chi connectivity index (χ4n) is 4.58. The minimum absolute atomic E-state index is 0.274. The SMILES string of the molecule is CCc1ccc([C@@H]2CN(C)[C@@]3(C(=O)Nc4ccccc43)[C@@H]2[N+](=O)[O-])cc1. The van der Waals surface area contributed by atoms with E-state index in [0.29, 0.717) is 17.8 Å². The molecule has 6 heteroatoms. The van der Waals surface area contributed by atoms with E-state index in [2.05, 4.69) is 12.2 Å². The lowest BCUT2D eigenvalue weighted by atomic mass is 9.79. The van der Waals surface area contributed by atoms with Crippen LogP contribution in [0.3, 0.4) is 0 Å². The zero-order valence-corrected chi connectivity index (χ0v) is 14.8. The minimum Gasteiger partial charge on any atom is -0.324 e. The number of carbonyl (C=O) groups is 1. The number of nitrogens with one attached hydrogen (secondary N) is 1. The van der Waals surface area contributed by atoms with Crippen molar-refractivity contribution in [1.29, 1.82) is 0 Å². The Bertz CT molecular complexity index is 880. The molecule has 0 saturated carbocycles. The van der Waals surface area contributed by atoms with Gasteiger partial charge in [-0.3, -0.25) is 19.8 Å². The number of amides is 1. The van der Waals surface area contributed by atoms with Gasteiger partial charge in [-0.15, -0.1) is 0 Å². The lowest BCUT2D eigenvalue weighted by Gasteiger charge is -2.30. The predicted molar refractivity (Wildman–Crippen MR) is 98.7 cm³/mol. The highest BCUT2D eigenvalue weighted by Gasteiger charge is 2.68. The lowest BCUT2D eigenvalue weighted by Crippen LogP contribution is -2.54. The van der Waals surface area contributed by atoms with Gasteiger partial charge in [-0.1, -0.05) is 49.4 Å². The van der Waals surface area contributed by atoms with Crippen molar-refractivity contribution in [2.75, 3.05) is 18.9 Å². The summed E-state index contributed by atoms with van der Waals surface area (Å²) in [6.45, 7) is 2.53. The number of likely N-dealkylation sites (N-methyl/N-ethyl adjacent to an activating group) is 1. The number of anilines is 1. The first-order valence-corrected chi connectivity index (χ1v) is 8.84. The fraction of sp³-hybridized carbons (Fsp3) is 0.350. The van der Waals surface area contributed by atoms with Gasteiger partial charge in [-0.2, -0.15) is 0 Å². The van der Waals surface area contributed by atoms with Gasteiger partial charge in [0.15, 0.2) is 5.54 Å². The number of likely N-dealkylation sites (tertiary alicyclic amines) is 1. The Hall–Kier alpha value is -2.73. The first-order valence-electron chi connectivity index (χ1n) is 8.84. The number of para-hydroxylation sites is 1. The van der Waals surface area contributed by atoms with Crippen molar-refractivity contribution in [2.45, 2.75) is 30.8 Å². The van der Waals surface area contributed by atoms with Crippen LogP contribution in [0.2, 0.25) is 0 Å². The third kappa shape index (κ3) is 2.12. The molecule has 2 aromatic rings. The Morgan fingerprint density at radius 2 is 1.92 bits per heavy atom. The van der Waals surface area contributed by atoms with Gasteiger partial charge in [0.2, 0.25) is 0 Å². The first kappa shape index (κ1) is 16.7. The Morgan fingerprint density at radius 3 is 2.58 bits per heavy atom. The number of rotatable bonds is 3. The van der Waals surface area contributed by atoms with Crippen molar-refractivity contribution < 1.29 is 9.72 Å². The van der Waals surface area contributed by atoms with Crippen LogP contribution in [0.4, 0.5) is 5.69 Å². The van der Waals surface area contributed by atoms with E-state index < -0.39 is 11.6 Å².